The van der Waals surface area contributed by atoms with E-state index < -0.39 is 10.0 Å². The molecule has 1 amide bonds. The molecule has 3 aromatic carbocycles. The molecule has 0 radical (unpaired) electrons. The number of fused-ring (bicyclic) bond motifs is 1. The highest BCUT2D eigenvalue weighted by Crippen LogP contribution is 2.30. The summed E-state index contributed by atoms with van der Waals surface area (Å²) >= 11 is 0. The number of amides is 1. The average Bonchev–Trinajstić information content (AvgIpc) is 2.89. The minimum Gasteiger partial charge on any atom is -0.379 e. The molecule has 0 bridgehead atoms. The Bertz CT molecular complexity index is 1290. The summed E-state index contributed by atoms with van der Waals surface area (Å²) in [5.74, 6) is -0.309. The maximum absolute atomic E-state index is 13.6. The van der Waals surface area contributed by atoms with Gasteiger partial charge in [-0.1, -0.05) is 36.4 Å². The van der Waals surface area contributed by atoms with E-state index in [1.807, 2.05) is 42.5 Å². The second-order valence-corrected chi connectivity index (χ2v) is 10.7. The fourth-order valence-corrected chi connectivity index (χ4v) is 6.16. The molecule has 2 heterocycles. The Kier molecular flexibility index (Phi) is 6.54. The first kappa shape index (κ1) is 22.8. The van der Waals surface area contributed by atoms with Gasteiger partial charge in [0.25, 0.3) is 5.91 Å². The van der Waals surface area contributed by atoms with Gasteiger partial charge in [-0.15, -0.1) is 0 Å². The SMILES string of the molecule is O=C(Nc1cccc2ccccc12)c1cc(S(=O)(=O)N2CCOCC2)ccc1N1CCCCC1. The van der Waals surface area contributed by atoms with Crippen molar-refractivity contribution in [1.82, 2.24) is 4.31 Å². The van der Waals surface area contributed by atoms with Crippen LogP contribution in [0.2, 0.25) is 0 Å². The maximum Gasteiger partial charge on any atom is 0.257 e. The zero-order valence-corrected chi connectivity index (χ0v) is 19.9. The largest absolute Gasteiger partial charge is 0.379 e. The molecule has 0 aliphatic carbocycles. The lowest BCUT2D eigenvalue weighted by Gasteiger charge is -2.31. The Morgan fingerprint density at radius 2 is 1.59 bits per heavy atom. The van der Waals surface area contributed by atoms with Crippen molar-refractivity contribution in [3.63, 3.8) is 0 Å². The van der Waals surface area contributed by atoms with Crippen molar-refractivity contribution in [2.45, 2.75) is 24.2 Å². The Morgan fingerprint density at radius 3 is 2.38 bits per heavy atom. The standard InChI is InChI=1S/C26H29N3O4S/c30-26(27-24-10-6-8-20-7-2-3-9-22(20)24)23-19-21(34(31,32)29-15-17-33-18-16-29)11-12-25(23)28-13-4-1-5-14-28/h2-3,6-12,19H,1,4-5,13-18H2,(H,27,30). The summed E-state index contributed by atoms with van der Waals surface area (Å²) in [5.41, 5.74) is 1.86. The molecular weight excluding hydrogens is 450 g/mol. The van der Waals surface area contributed by atoms with Crippen molar-refractivity contribution in [2.24, 2.45) is 0 Å². The summed E-state index contributed by atoms with van der Waals surface area (Å²) in [5, 5.41) is 5.01. The van der Waals surface area contributed by atoms with Crippen molar-refractivity contribution in [3.05, 3.63) is 66.2 Å². The fraction of sp³-hybridized carbons (Fsp3) is 0.346. The van der Waals surface area contributed by atoms with Gasteiger partial charge in [0, 0.05) is 42.9 Å². The highest BCUT2D eigenvalue weighted by atomic mass is 32.2. The van der Waals surface area contributed by atoms with E-state index in [2.05, 4.69) is 10.2 Å². The second kappa shape index (κ2) is 9.74. The molecule has 2 saturated heterocycles. The number of rotatable bonds is 5. The molecule has 34 heavy (non-hydrogen) atoms. The van der Waals surface area contributed by atoms with Gasteiger partial charge in [0.15, 0.2) is 0 Å². The number of carbonyl (C=O) groups excluding carboxylic acids is 1. The summed E-state index contributed by atoms with van der Waals surface area (Å²) in [4.78, 5) is 15.9. The van der Waals surface area contributed by atoms with Crippen molar-refractivity contribution in [1.29, 1.82) is 0 Å². The van der Waals surface area contributed by atoms with Crippen LogP contribution in [0, 0.1) is 0 Å². The Labute approximate surface area is 200 Å². The smallest absolute Gasteiger partial charge is 0.257 e. The number of hydrogen-bond donors (Lipinski definition) is 1. The van der Waals surface area contributed by atoms with Gasteiger partial charge in [-0.3, -0.25) is 4.79 Å². The Hall–Kier alpha value is -2.94. The molecule has 178 valence electrons. The third kappa shape index (κ3) is 4.53. The molecule has 2 fully saturated rings. The number of nitrogens with one attached hydrogen (secondary N) is 1. The first-order valence-corrected chi connectivity index (χ1v) is 13.2. The number of nitrogens with zero attached hydrogens (tertiary/aromatic N) is 2. The highest BCUT2D eigenvalue weighted by Gasteiger charge is 2.29. The van der Waals surface area contributed by atoms with E-state index in [0.717, 1.165) is 48.8 Å². The lowest BCUT2D eigenvalue weighted by Crippen LogP contribution is -2.40. The van der Waals surface area contributed by atoms with Crippen molar-refractivity contribution < 1.29 is 17.9 Å². The quantitative estimate of drug-likeness (QED) is 0.596. The molecule has 0 aromatic heterocycles. The Balaban J connectivity index is 1.53. The Morgan fingerprint density at radius 1 is 0.853 bits per heavy atom. The zero-order valence-electron chi connectivity index (χ0n) is 19.1. The molecule has 1 N–H and O–H groups in total. The molecule has 0 unspecified atom stereocenters. The molecule has 3 aromatic rings. The van der Waals surface area contributed by atoms with Crippen LogP contribution < -0.4 is 10.2 Å². The average molecular weight is 480 g/mol. The lowest BCUT2D eigenvalue weighted by atomic mass is 10.1. The van der Waals surface area contributed by atoms with Gasteiger partial charge in [-0.05, 0) is 48.9 Å². The number of carbonyl (C=O) groups is 1. The van der Waals surface area contributed by atoms with E-state index in [4.69, 9.17) is 4.74 Å². The molecule has 2 aliphatic heterocycles. The molecule has 0 atom stereocenters. The van der Waals surface area contributed by atoms with Gasteiger partial charge >= 0.3 is 0 Å². The fourth-order valence-electron chi connectivity index (χ4n) is 4.73. The summed E-state index contributed by atoms with van der Waals surface area (Å²) in [6.45, 7) is 3.08. The predicted molar refractivity (Wildman–Crippen MR) is 134 cm³/mol. The monoisotopic (exact) mass is 479 g/mol. The minimum absolute atomic E-state index is 0.137. The molecule has 5 rings (SSSR count). The van der Waals surface area contributed by atoms with Crippen LogP contribution in [0.25, 0.3) is 10.8 Å². The summed E-state index contributed by atoms with van der Waals surface area (Å²) in [7, 11) is -3.72. The highest BCUT2D eigenvalue weighted by molar-refractivity contribution is 7.89. The van der Waals surface area contributed by atoms with Crippen molar-refractivity contribution >= 4 is 38.1 Å². The van der Waals surface area contributed by atoms with Crippen LogP contribution in [0.15, 0.2) is 65.6 Å². The van der Waals surface area contributed by atoms with Crippen LogP contribution in [-0.4, -0.2) is 58.0 Å². The molecule has 0 spiro atoms. The normalized spacial score (nSPS) is 17.6. The van der Waals surface area contributed by atoms with Gasteiger partial charge in [0.2, 0.25) is 10.0 Å². The number of anilines is 2. The summed E-state index contributed by atoms with van der Waals surface area (Å²) < 4.78 is 33.4. The first-order valence-electron chi connectivity index (χ1n) is 11.8. The summed E-state index contributed by atoms with van der Waals surface area (Å²) in [6.07, 6.45) is 3.27. The number of hydrogen-bond acceptors (Lipinski definition) is 5. The van der Waals surface area contributed by atoms with E-state index in [1.54, 1.807) is 12.1 Å². The van der Waals surface area contributed by atoms with E-state index >= 15 is 0 Å². The summed E-state index contributed by atoms with van der Waals surface area (Å²) in [6, 6.07) is 18.6. The van der Waals surface area contributed by atoms with Crippen LogP contribution in [0.3, 0.4) is 0 Å². The number of morpholine rings is 1. The number of piperidine rings is 1. The lowest BCUT2D eigenvalue weighted by molar-refractivity contribution is 0.0730. The van der Waals surface area contributed by atoms with Gasteiger partial charge < -0.3 is 15.0 Å². The van der Waals surface area contributed by atoms with E-state index in [0.29, 0.717) is 37.6 Å². The van der Waals surface area contributed by atoms with Crippen molar-refractivity contribution in [2.75, 3.05) is 49.6 Å². The van der Waals surface area contributed by atoms with Crippen molar-refractivity contribution in [3.8, 4) is 0 Å². The van der Waals surface area contributed by atoms with Crippen LogP contribution in [0.5, 0.6) is 0 Å². The number of ether oxygens (including phenoxy) is 1. The molecular formula is C26H29N3O4S. The van der Waals surface area contributed by atoms with Gasteiger partial charge in [0.1, 0.15) is 0 Å². The molecule has 8 heteroatoms. The maximum atomic E-state index is 13.6. The van der Waals surface area contributed by atoms with Gasteiger partial charge in [-0.2, -0.15) is 4.31 Å². The third-order valence-electron chi connectivity index (χ3n) is 6.56. The molecule has 2 aliphatic rings. The molecule has 7 nitrogen and oxygen atoms in total. The zero-order chi connectivity index (χ0) is 23.5. The predicted octanol–water partition coefficient (Wildman–Crippen LogP) is 4.10. The minimum atomic E-state index is -3.72. The van der Waals surface area contributed by atoms with Crippen LogP contribution in [0.1, 0.15) is 29.6 Å². The van der Waals surface area contributed by atoms with Crippen LogP contribution in [-0.2, 0) is 14.8 Å². The number of sulfonamides is 1. The van der Waals surface area contributed by atoms with Gasteiger partial charge in [-0.25, -0.2) is 8.42 Å². The number of benzene rings is 3. The van der Waals surface area contributed by atoms with E-state index in [1.165, 1.54) is 10.4 Å². The van der Waals surface area contributed by atoms with Crippen LogP contribution >= 0.6 is 0 Å². The topological polar surface area (TPSA) is 79.0 Å². The van der Waals surface area contributed by atoms with Gasteiger partial charge in [0.05, 0.1) is 23.7 Å². The van der Waals surface area contributed by atoms with Crippen LogP contribution in [0.4, 0.5) is 11.4 Å². The molecule has 0 saturated carbocycles. The third-order valence-corrected chi connectivity index (χ3v) is 8.45. The first-order chi connectivity index (χ1) is 16.5. The van der Waals surface area contributed by atoms with E-state index in [9.17, 15) is 13.2 Å². The second-order valence-electron chi connectivity index (χ2n) is 8.72. The van der Waals surface area contributed by atoms with E-state index in [-0.39, 0.29) is 10.8 Å².